The molecule has 2 aliphatic heterocycles. The van der Waals surface area contributed by atoms with Gasteiger partial charge in [-0.3, -0.25) is 4.79 Å². The van der Waals surface area contributed by atoms with Crippen molar-refractivity contribution in [3.05, 3.63) is 17.5 Å². The van der Waals surface area contributed by atoms with Crippen molar-refractivity contribution < 1.29 is 4.79 Å². The smallest absolute Gasteiger partial charge is 0.225 e. The van der Waals surface area contributed by atoms with Gasteiger partial charge in [-0.2, -0.15) is 0 Å². The molecule has 1 unspecified atom stereocenters. The standard InChI is InChI=1S/C19H31N5O/c1-15-13-16(2)21-19(20-15)24-11-9-23(10-12-24)18(25)7-6-17-5-4-8-22(3)14-17/h13,17H,4-12,14H2,1-3H3. The summed E-state index contributed by atoms with van der Waals surface area (Å²) in [5, 5.41) is 0. The topological polar surface area (TPSA) is 52.6 Å². The van der Waals surface area contributed by atoms with Crippen molar-refractivity contribution >= 4 is 11.9 Å². The normalized spacial score (nSPS) is 22.3. The number of piperazine rings is 1. The molecule has 0 spiro atoms. The Bertz CT molecular complexity index is 577. The van der Waals surface area contributed by atoms with Gasteiger partial charge in [0.25, 0.3) is 0 Å². The molecule has 0 aliphatic carbocycles. The van der Waals surface area contributed by atoms with Gasteiger partial charge < -0.3 is 14.7 Å². The van der Waals surface area contributed by atoms with E-state index < -0.39 is 0 Å². The molecule has 0 bridgehead atoms. The molecule has 6 nitrogen and oxygen atoms in total. The maximum atomic E-state index is 12.5. The number of carbonyl (C=O) groups is 1. The Kier molecular flexibility index (Phi) is 5.89. The van der Waals surface area contributed by atoms with Crippen LogP contribution in [-0.4, -0.2) is 72.0 Å². The monoisotopic (exact) mass is 345 g/mol. The first-order chi connectivity index (χ1) is 12.0. The average molecular weight is 345 g/mol. The van der Waals surface area contributed by atoms with E-state index in [1.165, 1.54) is 19.4 Å². The SMILES string of the molecule is Cc1cc(C)nc(N2CCN(C(=O)CCC3CCCN(C)C3)CC2)n1. The second-order valence-corrected chi connectivity index (χ2v) is 7.63. The van der Waals surface area contributed by atoms with Crippen LogP contribution in [0.15, 0.2) is 6.07 Å². The molecule has 0 radical (unpaired) electrons. The lowest BCUT2D eigenvalue weighted by molar-refractivity contribution is -0.131. The van der Waals surface area contributed by atoms with Gasteiger partial charge in [-0.05, 0) is 58.7 Å². The zero-order chi connectivity index (χ0) is 17.8. The van der Waals surface area contributed by atoms with Gasteiger partial charge in [0.05, 0.1) is 0 Å². The van der Waals surface area contributed by atoms with E-state index in [0.717, 1.165) is 56.5 Å². The van der Waals surface area contributed by atoms with Gasteiger partial charge in [0.1, 0.15) is 0 Å². The van der Waals surface area contributed by atoms with E-state index >= 15 is 0 Å². The minimum absolute atomic E-state index is 0.314. The Morgan fingerprint density at radius 2 is 1.80 bits per heavy atom. The summed E-state index contributed by atoms with van der Waals surface area (Å²) >= 11 is 0. The zero-order valence-electron chi connectivity index (χ0n) is 15.9. The molecular formula is C19H31N5O. The predicted molar refractivity (Wildman–Crippen MR) is 99.8 cm³/mol. The Morgan fingerprint density at radius 1 is 1.12 bits per heavy atom. The summed E-state index contributed by atoms with van der Waals surface area (Å²) in [6.45, 7) is 9.54. The average Bonchev–Trinajstić information content (AvgIpc) is 2.59. The number of aryl methyl sites for hydroxylation is 2. The molecule has 0 N–H and O–H groups in total. The van der Waals surface area contributed by atoms with Crippen LogP contribution in [0.4, 0.5) is 5.95 Å². The minimum Gasteiger partial charge on any atom is -0.339 e. The third-order valence-electron chi connectivity index (χ3n) is 5.37. The molecule has 1 aromatic heterocycles. The lowest BCUT2D eigenvalue weighted by atomic mass is 9.93. The molecule has 3 heterocycles. The highest BCUT2D eigenvalue weighted by molar-refractivity contribution is 5.76. The van der Waals surface area contributed by atoms with Crippen LogP contribution < -0.4 is 4.90 Å². The van der Waals surface area contributed by atoms with E-state index in [1.807, 2.05) is 24.8 Å². The molecule has 138 valence electrons. The lowest BCUT2D eigenvalue weighted by Gasteiger charge is -2.35. The molecule has 1 aromatic rings. The molecule has 6 heteroatoms. The molecule has 2 fully saturated rings. The van der Waals surface area contributed by atoms with Crippen molar-refractivity contribution in [1.29, 1.82) is 0 Å². The van der Waals surface area contributed by atoms with Crippen LogP contribution in [0.25, 0.3) is 0 Å². The van der Waals surface area contributed by atoms with E-state index in [4.69, 9.17) is 0 Å². The van der Waals surface area contributed by atoms with Gasteiger partial charge >= 0.3 is 0 Å². The number of aromatic nitrogens is 2. The van der Waals surface area contributed by atoms with Crippen LogP contribution in [0.5, 0.6) is 0 Å². The predicted octanol–water partition coefficient (Wildman–Crippen LogP) is 1.86. The molecule has 2 saturated heterocycles. The Balaban J connectivity index is 1.46. The van der Waals surface area contributed by atoms with Crippen molar-refractivity contribution in [2.75, 3.05) is 51.2 Å². The zero-order valence-corrected chi connectivity index (χ0v) is 15.9. The number of carbonyl (C=O) groups excluding carboxylic acids is 1. The summed E-state index contributed by atoms with van der Waals surface area (Å²) < 4.78 is 0. The van der Waals surface area contributed by atoms with Crippen molar-refractivity contribution in [2.24, 2.45) is 5.92 Å². The third-order valence-corrected chi connectivity index (χ3v) is 5.37. The highest BCUT2D eigenvalue weighted by Gasteiger charge is 2.24. The molecule has 25 heavy (non-hydrogen) atoms. The summed E-state index contributed by atoms with van der Waals surface area (Å²) in [6, 6.07) is 1.99. The van der Waals surface area contributed by atoms with Crippen LogP contribution in [0.2, 0.25) is 0 Å². The van der Waals surface area contributed by atoms with Crippen molar-refractivity contribution in [3.63, 3.8) is 0 Å². The largest absolute Gasteiger partial charge is 0.339 e. The number of piperidine rings is 1. The molecule has 3 rings (SSSR count). The van der Waals surface area contributed by atoms with Gasteiger partial charge in [-0.15, -0.1) is 0 Å². The van der Waals surface area contributed by atoms with Gasteiger partial charge in [0.15, 0.2) is 0 Å². The second kappa shape index (κ2) is 8.13. The van der Waals surface area contributed by atoms with E-state index in [-0.39, 0.29) is 0 Å². The number of hydrogen-bond acceptors (Lipinski definition) is 5. The van der Waals surface area contributed by atoms with Crippen molar-refractivity contribution in [3.8, 4) is 0 Å². The quantitative estimate of drug-likeness (QED) is 0.834. The van der Waals surface area contributed by atoms with E-state index in [0.29, 0.717) is 18.2 Å². The lowest BCUT2D eigenvalue weighted by Crippen LogP contribution is -2.49. The van der Waals surface area contributed by atoms with E-state index in [9.17, 15) is 4.79 Å². The second-order valence-electron chi connectivity index (χ2n) is 7.63. The number of amides is 1. The van der Waals surface area contributed by atoms with Crippen LogP contribution >= 0.6 is 0 Å². The minimum atomic E-state index is 0.314. The van der Waals surface area contributed by atoms with Crippen LogP contribution in [0, 0.1) is 19.8 Å². The Hall–Kier alpha value is -1.69. The molecule has 0 saturated carbocycles. The third kappa shape index (κ3) is 4.91. The number of nitrogens with zero attached hydrogens (tertiary/aromatic N) is 5. The Morgan fingerprint density at radius 3 is 2.44 bits per heavy atom. The highest BCUT2D eigenvalue weighted by atomic mass is 16.2. The van der Waals surface area contributed by atoms with Crippen LogP contribution in [0.3, 0.4) is 0 Å². The van der Waals surface area contributed by atoms with Gasteiger partial charge in [0.2, 0.25) is 11.9 Å². The summed E-state index contributed by atoms with van der Waals surface area (Å²) in [6.07, 6.45) is 4.27. The van der Waals surface area contributed by atoms with Gasteiger partial charge in [-0.1, -0.05) is 0 Å². The molecule has 2 aliphatic rings. The van der Waals surface area contributed by atoms with E-state index in [2.05, 4.69) is 26.8 Å². The Labute approximate surface area is 151 Å². The maximum Gasteiger partial charge on any atom is 0.225 e. The summed E-state index contributed by atoms with van der Waals surface area (Å²) in [5.41, 5.74) is 2.00. The molecular weight excluding hydrogens is 314 g/mol. The fraction of sp³-hybridized carbons (Fsp3) is 0.737. The number of likely N-dealkylation sites (tertiary alicyclic amines) is 1. The first-order valence-electron chi connectivity index (χ1n) is 9.55. The van der Waals surface area contributed by atoms with Crippen molar-refractivity contribution in [1.82, 2.24) is 19.8 Å². The summed E-state index contributed by atoms with van der Waals surface area (Å²) in [7, 11) is 2.18. The number of rotatable bonds is 4. The number of anilines is 1. The molecule has 0 aromatic carbocycles. The van der Waals surface area contributed by atoms with Crippen LogP contribution in [-0.2, 0) is 4.79 Å². The number of hydrogen-bond donors (Lipinski definition) is 0. The summed E-state index contributed by atoms with van der Waals surface area (Å²) in [4.78, 5) is 28.2. The first kappa shape index (κ1) is 18.1. The fourth-order valence-electron chi connectivity index (χ4n) is 4.00. The fourth-order valence-corrected chi connectivity index (χ4v) is 4.00. The van der Waals surface area contributed by atoms with E-state index in [1.54, 1.807) is 0 Å². The van der Waals surface area contributed by atoms with Crippen molar-refractivity contribution in [2.45, 2.75) is 39.5 Å². The first-order valence-corrected chi connectivity index (χ1v) is 9.55. The highest BCUT2D eigenvalue weighted by Crippen LogP contribution is 2.21. The summed E-state index contributed by atoms with van der Waals surface area (Å²) in [5.74, 6) is 1.80. The van der Waals surface area contributed by atoms with Gasteiger partial charge in [0, 0.05) is 50.5 Å². The van der Waals surface area contributed by atoms with Gasteiger partial charge in [-0.25, -0.2) is 9.97 Å². The molecule has 1 atom stereocenters. The maximum absolute atomic E-state index is 12.5. The molecule has 1 amide bonds. The van der Waals surface area contributed by atoms with Crippen LogP contribution in [0.1, 0.15) is 37.1 Å².